The van der Waals surface area contributed by atoms with Gasteiger partial charge in [-0.05, 0) is 30.0 Å². The molecule has 2 aromatic rings. The molecule has 0 saturated carbocycles. The van der Waals surface area contributed by atoms with E-state index in [9.17, 15) is 18.3 Å². The Kier molecular flexibility index (Phi) is 4.17. The third-order valence-corrected chi connectivity index (χ3v) is 3.53. The Morgan fingerprint density at radius 3 is 2.16 bits per heavy atom. The molecule has 0 aromatic heterocycles. The lowest BCUT2D eigenvalue weighted by Gasteiger charge is -2.13. The van der Waals surface area contributed by atoms with Gasteiger partial charge in [-0.25, -0.2) is 13.2 Å². The van der Waals surface area contributed by atoms with Crippen LogP contribution >= 0.6 is 11.8 Å². The third-order valence-electron chi connectivity index (χ3n) is 2.79. The standard InChI is InChI=1S/C14H11F3OS/c1-19-9-4-2-8(3-5-9)14(18)10-6-7-11(15)13(17)12(10)16/h2-7,14,18H,1H3. The van der Waals surface area contributed by atoms with Crippen LogP contribution in [0.15, 0.2) is 41.3 Å². The van der Waals surface area contributed by atoms with Crippen molar-refractivity contribution >= 4 is 11.8 Å². The molecule has 2 rings (SSSR count). The maximum atomic E-state index is 13.6. The minimum absolute atomic E-state index is 0.282. The zero-order chi connectivity index (χ0) is 14.0. The van der Waals surface area contributed by atoms with Gasteiger partial charge in [-0.2, -0.15) is 0 Å². The first kappa shape index (κ1) is 14.0. The molecule has 0 aliphatic rings. The van der Waals surface area contributed by atoms with Gasteiger partial charge in [-0.3, -0.25) is 0 Å². The molecule has 1 nitrogen and oxygen atoms in total. The van der Waals surface area contributed by atoms with Crippen LogP contribution in [-0.2, 0) is 0 Å². The summed E-state index contributed by atoms with van der Waals surface area (Å²) >= 11 is 1.53. The first-order valence-electron chi connectivity index (χ1n) is 5.50. The van der Waals surface area contributed by atoms with Crippen LogP contribution in [0.4, 0.5) is 13.2 Å². The van der Waals surface area contributed by atoms with E-state index >= 15 is 0 Å². The number of aliphatic hydroxyl groups is 1. The van der Waals surface area contributed by atoms with E-state index in [0.29, 0.717) is 5.56 Å². The van der Waals surface area contributed by atoms with Crippen molar-refractivity contribution in [1.29, 1.82) is 0 Å². The van der Waals surface area contributed by atoms with E-state index in [0.717, 1.165) is 17.0 Å². The third kappa shape index (κ3) is 2.77. The summed E-state index contributed by atoms with van der Waals surface area (Å²) < 4.78 is 39.5. The quantitative estimate of drug-likeness (QED) is 0.681. The Morgan fingerprint density at radius 2 is 1.58 bits per heavy atom. The van der Waals surface area contributed by atoms with Crippen LogP contribution in [-0.4, -0.2) is 11.4 Å². The van der Waals surface area contributed by atoms with Crippen LogP contribution in [0.5, 0.6) is 0 Å². The number of hydrogen-bond donors (Lipinski definition) is 1. The SMILES string of the molecule is CSc1ccc(C(O)c2ccc(F)c(F)c2F)cc1. The van der Waals surface area contributed by atoms with Gasteiger partial charge in [0.05, 0.1) is 0 Å². The molecule has 19 heavy (non-hydrogen) atoms. The molecule has 0 radical (unpaired) electrons. The van der Waals surface area contributed by atoms with Crippen molar-refractivity contribution in [2.45, 2.75) is 11.0 Å². The Labute approximate surface area is 113 Å². The molecule has 5 heteroatoms. The van der Waals surface area contributed by atoms with E-state index in [1.54, 1.807) is 24.3 Å². The number of halogens is 3. The van der Waals surface area contributed by atoms with E-state index < -0.39 is 23.6 Å². The predicted octanol–water partition coefficient (Wildman–Crippen LogP) is 3.91. The monoisotopic (exact) mass is 284 g/mol. The summed E-state index contributed by atoms with van der Waals surface area (Å²) in [6.07, 6.45) is 0.575. The highest BCUT2D eigenvalue weighted by molar-refractivity contribution is 7.98. The van der Waals surface area contributed by atoms with Gasteiger partial charge in [0.2, 0.25) is 0 Å². The maximum Gasteiger partial charge on any atom is 0.194 e. The maximum absolute atomic E-state index is 13.6. The van der Waals surface area contributed by atoms with E-state index in [1.165, 1.54) is 11.8 Å². The van der Waals surface area contributed by atoms with Crippen molar-refractivity contribution in [3.05, 3.63) is 65.0 Å². The lowest BCUT2D eigenvalue weighted by Crippen LogP contribution is -2.05. The molecule has 0 fully saturated rings. The van der Waals surface area contributed by atoms with Crippen molar-refractivity contribution in [3.63, 3.8) is 0 Å². The smallest absolute Gasteiger partial charge is 0.194 e. The fourth-order valence-corrected chi connectivity index (χ4v) is 2.13. The summed E-state index contributed by atoms with van der Waals surface area (Å²) in [4.78, 5) is 0.988. The molecule has 0 heterocycles. The molecular weight excluding hydrogens is 273 g/mol. The number of rotatable bonds is 3. The van der Waals surface area contributed by atoms with Crippen LogP contribution in [0.3, 0.4) is 0 Å². The average Bonchev–Trinajstić information content (AvgIpc) is 2.44. The lowest BCUT2D eigenvalue weighted by atomic mass is 10.0. The highest BCUT2D eigenvalue weighted by atomic mass is 32.2. The van der Waals surface area contributed by atoms with Crippen molar-refractivity contribution in [2.24, 2.45) is 0 Å². The van der Waals surface area contributed by atoms with E-state index in [4.69, 9.17) is 0 Å². The topological polar surface area (TPSA) is 20.2 Å². The molecule has 0 aliphatic carbocycles. The van der Waals surface area contributed by atoms with Gasteiger partial charge in [-0.15, -0.1) is 11.8 Å². The van der Waals surface area contributed by atoms with E-state index in [-0.39, 0.29) is 5.56 Å². The lowest BCUT2D eigenvalue weighted by molar-refractivity contribution is 0.212. The number of hydrogen-bond acceptors (Lipinski definition) is 2. The number of aliphatic hydroxyl groups excluding tert-OH is 1. The summed E-state index contributed by atoms with van der Waals surface area (Å²) in [6, 6.07) is 8.62. The zero-order valence-corrected chi connectivity index (χ0v) is 10.8. The Bertz CT molecular complexity index is 584. The Balaban J connectivity index is 2.38. The zero-order valence-electron chi connectivity index (χ0n) is 10.0. The highest BCUT2D eigenvalue weighted by Gasteiger charge is 2.20. The van der Waals surface area contributed by atoms with Crippen LogP contribution in [0, 0.1) is 17.5 Å². The van der Waals surface area contributed by atoms with Gasteiger partial charge in [-0.1, -0.05) is 18.2 Å². The molecule has 1 unspecified atom stereocenters. The predicted molar refractivity (Wildman–Crippen MR) is 68.6 cm³/mol. The molecular formula is C14H11F3OS. The van der Waals surface area contributed by atoms with Crippen molar-refractivity contribution < 1.29 is 18.3 Å². The fourth-order valence-electron chi connectivity index (χ4n) is 1.72. The second-order valence-corrected chi connectivity index (χ2v) is 4.82. The second kappa shape index (κ2) is 5.67. The summed E-state index contributed by atoms with van der Waals surface area (Å²) in [7, 11) is 0. The van der Waals surface area contributed by atoms with Crippen LogP contribution in [0.2, 0.25) is 0 Å². The van der Waals surface area contributed by atoms with Gasteiger partial charge in [0.25, 0.3) is 0 Å². The minimum Gasteiger partial charge on any atom is -0.384 e. The van der Waals surface area contributed by atoms with Gasteiger partial charge in [0, 0.05) is 10.5 Å². The summed E-state index contributed by atoms with van der Waals surface area (Å²) in [5, 5.41) is 10.0. The van der Waals surface area contributed by atoms with Crippen molar-refractivity contribution in [2.75, 3.05) is 6.26 Å². The molecule has 2 aromatic carbocycles. The Hall–Kier alpha value is -1.46. The number of benzene rings is 2. The molecule has 0 bridgehead atoms. The second-order valence-electron chi connectivity index (χ2n) is 3.94. The van der Waals surface area contributed by atoms with Crippen molar-refractivity contribution in [1.82, 2.24) is 0 Å². The normalized spacial score (nSPS) is 12.5. The summed E-state index contributed by atoms with van der Waals surface area (Å²) in [6.45, 7) is 0. The largest absolute Gasteiger partial charge is 0.384 e. The highest BCUT2D eigenvalue weighted by Crippen LogP contribution is 2.27. The molecule has 1 atom stereocenters. The number of thioether (sulfide) groups is 1. The van der Waals surface area contributed by atoms with Crippen LogP contribution in [0.1, 0.15) is 17.2 Å². The van der Waals surface area contributed by atoms with Gasteiger partial charge < -0.3 is 5.11 Å². The van der Waals surface area contributed by atoms with Crippen LogP contribution < -0.4 is 0 Å². The summed E-state index contributed by atoms with van der Waals surface area (Å²) in [5.41, 5.74) is 0.138. The Morgan fingerprint density at radius 1 is 0.947 bits per heavy atom. The van der Waals surface area contributed by atoms with E-state index in [2.05, 4.69) is 0 Å². The molecule has 0 amide bonds. The van der Waals surface area contributed by atoms with Gasteiger partial charge in [0.15, 0.2) is 17.5 Å². The molecule has 0 spiro atoms. The molecule has 0 aliphatic heterocycles. The van der Waals surface area contributed by atoms with Crippen molar-refractivity contribution in [3.8, 4) is 0 Å². The van der Waals surface area contributed by atoms with Gasteiger partial charge in [0.1, 0.15) is 6.10 Å². The molecule has 1 N–H and O–H groups in total. The average molecular weight is 284 g/mol. The molecule has 0 saturated heterocycles. The first-order chi connectivity index (χ1) is 9.04. The molecule has 100 valence electrons. The van der Waals surface area contributed by atoms with Crippen LogP contribution in [0.25, 0.3) is 0 Å². The first-order valence-corrected chi connectivity index (χ1v) is 6.72. The van der Waals surface area contributed by atoms with E-state index in [1.807, 2.05) is 6.26 Å². The summed E-state index contributed by atoms with van der Waals surface area (Å²) in [5.74, 6) is -4.20. The van der Waals surface area contributed by atoms with Gasteiger partial charge >= 0.3 is 0 Å². The fraction of sp³-hybridized carbons (Fsp3) is 0.143. The minimum atomic E-state index is -1.57.